The topological polar surface area (TPSA) is 68.3 Å². The van der Waals surface area contributed by atoms with Gasteiger partial charge in [-0.2, -0.15) is 0 Å². The zero-order valence-electron chi connectivity index (χ0n) is 13.4. The number of nitrogens with zero attached hydrogens (tertiary/aromatic N) is 1. The molecule has 0 fully saturated rings. The fraction of sp³-hybridized carbons (Fsp3) is 0.353. The van der Waals surface area contributed by atoms with Crippen molar-refractivity contribution in [3.05, 3.63) is 50.9 Å². The molecule has 1 amide bonds. The molecule has 0 aliphatic carbocycles. The Morgan fingerprint density at radius 1 is 1.29 bits per heavy atom. The lowest BCUT2D eigenvalue weighted by atomic mass is 10.2. The third-order valence-corrected chi connectivity index (χ3v) is 4.53. The first-order valence-electron chi connectivity index (χ1n) is 7.71. The van der Waals surface area contributed by atoms with E-state index in [0.29, 0.717) is 23.6 Å². The lowest BCUT2D eigenvalue weighted by Gasteiger charge is -2.06. The summed E-state index contributed by atoms with van der Waals surface area (Å²) >= 11 is 7.34. The summed E-state index contributed by atoms with van der Waals surface area (Å²) in [6, 6.07) is 6.64. The molecular formula is C17H19ClN2O3S. The van der Waals surface area contributed by atoms with Crippen molar-refractivity contribution < 1.29 is 14.3 Å². The van der Waals surface area contributed by atoms with Gasteiger partial charge in [-0.1, -0.05) is 18.5 Å². The van der Waals surface area contributed by atoms with Crippen LogP contribution in [-0.2, 0) is 22.6 Å². The van der Waals surface area contributed by atoms with Crippen molar-refractivity contribution in [2.24, 2.45) is 0 Å². The summed E-state index contributed by atoms with van der Waals surface area (Å²) in [7, 11) is 0. The van der Waals surface area contributed by atoms with Gasteiger partial charge >= 0.3 is 5.97 Å². The molecule has 1 aromatic carbocycles. The molecule has 1 N–H and O–H groups in total. The largest absolute Gasteiger partial charge is 0.459 e. The average molecular weight is 367 g/mol. The van der Waals surface area contributed by atoms with Gasteiger partial charge in [0, 0.05) is 28.9 Å². The first-order valence-corrected chi connectivity index (χ1v) is 8.97. The molecular weight excluding hydrogens is 348 g/mol. The van der Waals surface area contributed by atoms with Crippen LogP contribution in [0, 0.1) is 0 Å². The van der Waals surface area contributed by atoms with Gasteiger partial charge in [0.25, 0.3) is 5.91 Å². The van der Waals surface area contributed by atoms with Crippen LogP contribution in [0.4, 0.5) is 0 Å². The number of hydrogen-bond donors (Lipinski definition) is 1. The molecule has 0 bridgehead atoms. The second-order valence-corrected chi connectivity index (χ2v) is 6.49. The second kappa shape index (κ2) is 9.39. The number of ether oxygens (including phenoxy) is 1. The molecule has 2 rings (SSSR count). The maximum atomic E-state index is 11.9. The van der Waals surface area contributed by atoms with Crippen LogP contribution in [0.3, 0.4) is 0 Å². The first kappa shape index (κ1) is 18.4. The van der Waals surface area contributed by atoms with Crippen LogP contribution in [0.15, 0.2) is 29.6 Å². The van der Waals surface area contributed by atoms with Crippen LogP contribution in [-0.4, -0.2) is 23.4 Å². The smallest absolute Gasteiger partial charge is 0.306 e. The summed E-state index contributed by atoms with van der Waals surface area (Å²) in [6.07, 6.45) is 1.66. The number of thiazole rings is 1. The summed E-state index contributed by atoms with van der Waals surface area (Å²) in [5, 5.41) is 6.28. The van der Waals surface area contributed by atoms with Crippen molar-refractivity contribution in [1.82, 2.24) is 10.3 Å². The number of carbonyl (C=O) groups is 2. The van der Waals surface area contributed by atoms with E-state index in [0.717, 1.165) is 17.1 Å². The minimum absolute atomic E-state index is 0.186. The Morgan fingerprint density at radius 2 is 2.04 bits per heavy atom. The van der Waals surface area contributed by atoms with E-state index in [9.17, 15) is 9.59 Å². The van der Waals surface area contributed by atoms with Gasteiger partial charge in [0.2, 0.25) is 0 Å². The van der Waals surface area contributed by atoms with Crippen LogP contribution in [0.25, 0.3) is 0 Å². The molecule has 0 aliphatic heterocycles. The molecule has 7 heteroatoms. The Labute approximate surface area is 150 Å². The first-order chi connectivity index (χ1) is 11.6. The normalized spacial score (nSPS) is 10.4. The van der Waals surface area contributed by atoms with Gasteiger partial charge in [-0.3, -0.25) is 9.59 Å². The molecule has 0 atom stereocenters. The number of amides is 1. The molecule has 1 aromatic heterocycles. The Bertz CT molecular complexity index is 685. The molecule has 0 aliphatic rings. The van der Waals surface area contributed by atoms with Crippen LogP contribution in [0.2, 0.25) is 5.02 Å². The monoisotopic (exact) mass is 366 g/mol. The fourth-order valence-corrected chi connectivity index (χ4v) is 2.80. The zero-order chi connectivity index (χ0) is 17.4. The van der Waals surface area contributed by atoms with Gasteiger partial charge in [0.1, 0.15) is 6.61 Å². The highest BCUT2D eigenvalue weighted by Gasteiger charge is 2.08. The highest BCUT2D eigenvalue weighted by molar-refractivity contribution is 7.09. The van der Waals surface area contributed by atoms with Crippen molar-refractivity contribution in [2.45, 2.75) is 32.8 Å². The van der Waals surface area contributed by atoms with E-state index in [1.807, 2.05) is 12.3 Å². The number of halogens is 1. The lowest BCUT2D eigenvalue weighted by Crippen LogP contribution is -2.25. The number of esters is 1. The van der Waals surface area contributed by atoms with E-state index >= 15 is 0 Å². The minimum Gasteiger partial charge on any atom is -0.459 e. The molecule has 0 radical (unpaired) electrons. The SMILES string of the molecule is CCc1nc(COC(=O)CCCNC(=O)c2ccc(Cl)cc2)cs1. The van der Waals surface area contributed by atoms with Gasteiger partial charge < -0.3 is 10.1 Å². The zero-order valence-corrected chi connectivity index (χ0v) is 15.0. The van der Waals surface area contributed by atoms with Crippen molar-refractivity contribution in [3.8, 4) is 0 Å². The molecule has 0 unspecified atom stereocenters. The Morgan fingerprint density at radius 3 is 2.71 bits per heavy atom. The highest BCUT2D eigenvalue weighted by Crippen LogP contribution is 2.11. The van der Waals surface area contributed by atoms with Crippen molar-refractivity contribution >= 4 is 34.8 Å². The van der Waals surface area contributed by atoms with Crippen molar-refractivity contribution in [2.75, 3.05) is 6.54 Å². The molecule has 24 heavy (non-hydrogen) atoms. The van der Waals surface area contributed by atoms with E-state index in [4.69, 9.17) is 16.3 Å². The van der Waals surface area contributed by atoms with E-state index in [-0.39, 0.29) is 24.9 Å². The van der Waals surface area contributed by atoms with Gasteiger partial charge in [-0.05, 0) is 37.1 Å². The van der Waals surface area contributed by atoms with Gasteiger partial charge in [-0.15, -0.1) is 11.3 Å². The molecule has 1 heterocycles. The molecule has 5 nitrogen and oxygen atoms in total. The van der Waals surface area contributed by atoms with Crippen LogP contribution < -0.4 is 5.32 Å². The maximum absolute atomic E-state index is 11.9. The Kier molecular flexibility index (Phi) is 7.21. The van der Waals surface area contributed by atoms with Crippen LogP contribution >= 0.6 is 22.9 Å². The summed E-state index contributed by atoms with van der Waals surface area (Å²) in [5.74, 6) is -0.476. The standard InChI is InChI=1S/C17H19ClN2O3S/c1-2-15-20-14(11-24-15)10-23-16(21)4-3-9-19-17(22)12-5-7-13(18)8-6-12/h5-8,11H,2-4,9-10H2,1H3,(H,19,22). The highest BCUT2D eigenvalue weighted by atomic mass is 35.5. The van der Waals surface area contributed by atoms with Crippen molar-refractivity contribution in [3.63, 3.8) is 0 Å². The summed E-state index contributed by atoms with van der Waals surface area (Å²) in [5.41, 5.74) is 1.32. The van der Waals surface area contributed by atoms with Gasteiger partial charge in [0.15, 0.2) is 0 Å². The number of hydrogen-bond acceptors (Lipinski definition) is 5. The van der Waals surface area contributed by atoms with E-state index in [2.05, 4.69) is 10.3 Å². The molecule has 128 valence electrons. The number of aryl methyl sites for hydroxylation is 1. The third-order valence-electron chi connectivity index (χ3n) is 3.23. The number of nitrogens with one attached hydrogen (secondary N) is 1. The quantitative estimate of drug-likeness (QED) is 0.572. The number of benzene rings is 1. The van der Waals surface area contributed by atoms with Gasteiger partial charge in [0.05, 0.1) is 10.7 Å². The predicted octanol–water partition coefficient (Wildman–Crippen LogP) is 3.61. The predicted molar refractivity (Wildman–Crippen MR) is 94.3 cm³/mol. The third kappa shape index (κ3) is 5.94. The summed E-state index contributed by atoms with van der Waals surface area (Å²) < 4.78 is 5.17. The number of aromatic nitrogens is 1. The number of carbonyl (C=O) groups excluding carboxylic acids is 2. The molecule has 0 saturated carbocycles. The average Bonchev–Trinajstić information content (AvgIpc) is 3.05. The summed E-state index contributed by atoms with van der Waals surface area (Å²) in [6.45, 7) is 2.65. The van der Waals surface area contributed by atoms with Crippen LogP contribution in [0.1, 0.15) is 40.8 Å². The van der Waals surface area contributed by atoms with E-state index < -0.39 is 0 Å². The molecule has 0 spiro atoms. The Balaban J connectivity index is 1.62. The Hall–Kier alpha value is -1.92. The lowest BCUT2D eigenvalue weighted by molar-refractivity contribution is -0.145. The van der Waals surface area contributed by atoms with Crippen LogP contribution in [0.5, 0.6) is 0 Å². The molecule has 0 saturated heterocycles. The maximum Gasteiger partial charge on any atom is 0.306 e. The number of rotatable bonds is 8. The minimum atomic E-state index is -0.290. The second-order valence-electron chi connectivity index (χ2n) is 5.11. The molecule has 2 aromatic rings. The van der Waals surface area contributed by atoms with Gasteiger partial charge in [-0.25, -0.2) is 4.98 Å². The van der Waals surface area contributed by atoms with E-state index in [1.165, 1.54) is 0 Å². The van der Waals surface area contributed by atoms with Crippen molar-refractivity contribution in [1.29, 1.82) is 0 Å². The fourth-order valence-electron chi connectivity index (χ4n) is 1.94. The summed E-state index contributed by atoms with van der Waals surface area (Å²) in [4.78, 5) is 27.9. The van der Waals surface area contributed by atoms with E-state index in [1.54, 1.807) is 35.6 Å².